The van der Waals surface area contributed by atoms with Gasteiger partial charge in [0.25, 0.3) is 0 Å². The van der Waals surface area contributed by atoms with Gasteiger partial charge in [-0.25, -0.2) is 9.97 Å². The molecule has 0 radical (unpaired) electrons. The second-order valence-electron chi connectivity index (χ2n) is 5.73. The average molecular weight is 280 g/mol. The minimum Gasteiger partial charge on any atom is -0.369 e. The number of rotatable bonds is 5. The van der Waals surface area contributed by atoms with Gasteiger partial charge in [0.05, 0.1) is 0 Å². The lowest BCUT2D eigenvalue weighted by Gasteiger charge is -2.28. The number of nitrogens with one attached hydrogen (secondary N) is 1. The molecule has 0 unspecified atom stereocenters. The van der Waals surface area contributed by atoms with Crippen molar-refractivity contribution in [3.8, 4) is 0 Å². The lowest BCUT2D eigenvalue weighted by atomic mass is 9.90. The summed E-state index contributed by atoms with van der Waals surface area (Å²) in [6.45, 7) is 9.87. The van der Waals surface area contributed by atoms with Gasteiger partial charge in [-0.1, -0.05) is 20.8 Å². The first kappa shape index (κ1) is 14.4. The molecule has 4 nitrogen and oxygen atoms in total. The van der Waals surface area contributed by atoms with E-state index in [1.54, 1.807) is 6.33 Å². The number of hydrogen-bond acceptors (Lipinski definition) is 5. The van der Waals surface area contributed by atoms with Crippen LogP contribution in [-0.2, 0) is 0 Å². The standard InChI is InChI=1S/C14H24N4S/c1-4-14(2,3)10-15-12-9-13(17-11-16-12)18-5-7-19-8-6-18/h9,11H,4-8,10H2,1-3H3,(H,15,16,17). The lowest BCUT2D eigenvalue weighted by molar-refractivity contribution is 0.376. The summed E-state index contributed by atoms with van der Waals surface area (Å²) in [4.78, 5) is 11.1. The van der Waals surface area contributed by atoms with Crippen LogP contribution in [0, 0.1) is 5.41 Å². The maximum Gasteiger partial charge on any atom is 0.134 e. The molecule has 1 aromatic rings. The van der Waals surface area contributed by atoms with Crippen LogP contribution in [0.1, 0.15) is 27.2 Å². The van der Waals surface area contributed by atoms with E-state index in [1.165, 1.54) is 11.5 Å². The molecule has 1 fully saturated rings. The van der Waals surface area contributed by atoms with Crippen LogP contribution in [0.15, 0.2) is 12.4 Å². The lowest BCUT2D eigenvalue weighted by Crippen LogP contribution is -2.33. The molecule has 1 N–H and O–H groups in total. The monoisotopic (exact) mass is 280 g/mol. The molecular weight excluding hydrogens is 256 g/mol. The Morgan fingerprint density at radius 3 is 2.74 bits per heavy atom. The fraction of sp³-hybridized carbons (Fsp3) is 0.714. The number of nitrogens with zero attached hydrogens (tertiary/aromatic N) is 3. The van der Waals surface area contributed by atoms with Crippen molar-refractivity contribution >= 4 is 23.4 Å². The van der Waals surface area contributed by atoms with Gasteiger partial charge in [0, 0.05) is 37.2 Å². The minimum atomic E-state index is 0.298. The van der Waals surface area contributed by atoms with Gasteiger partial charge in [-0.3, -0.25) is 0 Å². The Morgan fingerprint density at radius 1 is 1.32 bits per heavy atom. The van der Waals surface area contributed by atoms with Gasteiger partial charge < -0.3 is 10.2 Å². The highest BCUT2D eigenvalue weighted by atomic mass is 32.2. The molecule has 0 aliphatic carbocycles. The number of thioether (sulfide) groups is 1. The first-order valence-corrected chi connectivity index (χ1v) is 8.15. The molecule has 0 aromatic carbocycles. The van der Waals surface area contributed by atoms with Crippen LogP contribution in [0.4, 0.5) is 11.6 Å². The van der Waals surface area contributed by atoms with Crippen LogP contribution < -0.4 is 10.2 Å². The zero-order chi connectivity index (χ0) is 13.7. The van der Waals surface area contributed by atoms with E-state index in [2.05, 4.69) is 47.0 Å². The van der Waals surface area contributed by atoms with Crippen LogP contribution in [0.3, 0.4) is 0 Å². The Kier molecular flexibility index (Phi) is 4.91. The van der Waals surface area contributed by atoms with E-state index in [4.69, 9.17) is 0 Å². The van der Waals surface area contributed by atoms with Crippen molar-refractivity contribution in [2.45, 2.75) is 27.2 Å². The van der Waals surface area contributed by atoms with E-state index in [0.29, 0.717) is 5.41 Å². The highest BCUT2D eigenvalue weighted by Crippen LogP contribution is 2.22. The third kappa shape index (κ3) is 4.27. The van der Waals surface area contributed by atoms with E-state index < -0.39 is 0 Å². The molecule has 1 aromatic heterocycles. The van der Waals surface area contributed by atoms with Gasteiger partial charge in [-0.05, 0) is 11.8 Å². The Bertz CT molecular complexity index is 402. The molecule has 0 atom stereocenters. The normalized spacial score (nSPS) is 16.5. The summed E-state index contributed by atoms with van der Waals surface area (Å²) in [7, 11) is 0. The first-order chi connectivity index (χ1) is 9.11. The Balaban J connectivity index is 1.98. The fourth-order valence-electron chi connectivity index (χ4n) is 1.86. The van der Waals surface area contributed by atoms with Gasteiger partial charge in [-0.2, -0.15) is 11.8 Å². The van der Waals surface area contributed by atoms with Crippen molar-refractivity contribution in [1.82, 2.24) is 9.97 Å². The van der Waals surface area contributed by atoms with Crippen molar-refractivity contribution in [2.75, 3.05) is 41.4 Å². The van der Waals surface area contributed by atoms with Gasteiger partial charge in [-0.15, -0.1) is 0 Å². The third-order valence-electron chi connectivity index (χ3n) is 3.69. The number of hydrogen-bond donors (Lipinski definition) is 1. The second-order valence-corrected chi connectivity index (χ2v) is 6.96. The molecule has 1 aliphatic heterocycles. The molecule has 0 spiro atoms. The third-order valence-corrected chi connectivity index (χ3v) is 4.64. The van der Waals surface area contributed by atoms with Gasteiger partial charge in [0.2, 0.25) is 0 Å². The molecule has 19 heavy (non-hydrogen) atoms. The molecule has 1 aliphatic rings. The quantitative estimate of drug-likeness (QED) is 0.898. The zero-order valence-corrected chi connectivity index (χ0v) is 13.0. The van der Waals surface area contributed by atoms with E-state index in [-0.39, 0.29) is 0 Å². The largest absolute Gasteiger partial charge is 0.369 e. The van der Waals surface area contributed by atoms with Crippen LogP contribution in [0.2, 0.25) is 0 Å². The van der Waals surface area contributed by atoms with E-state index >= 15 is 0 Å². The molecule has 0 saturated carbocycles. The average Bonchev–Trinajstić information content (AvgIpc) is 2.47. The van der Waals surface area contributed by atoms with Crippen molar-refractivity contribution in [3.05, 3.63) is 12.4 Å². The Morgan fingerprint density at radius 2 is 2.05 bits per heavy atom. The summed E-state index contributed by atoms with van der Waals surface area (Å²) in [6.07, 6.45) is 2.82. The maximum atomic E-state index is 4.39. The highest BCUT2D eigenvalue weighted by Gasteiger charge is 2.16. The first-order valence-electron chi connectivity index (χ1n) is 6.99. The van der Waals surface area contributed by atoms with Crippen LogP contribution in [0.5, 0.6) is 0 Å². The van der Waals surface area contributed by atoms with Gasteiger partial charge >= 0.3 is 0 Å². The van der Waals surface area contributed by atoms with Crippen LogP contribution in [0.25, 0.3) is 0 Å². The summed E-state index contributed by atoms with van der Waals surface area (Å²) in [5.74, 6) is 4.36. The van der Waals surface area contributed by atoms with Crippen molar-refractivity contribution in [1.29, 1.82) is 0 Å². The fourth-order valence-corrected chi connectivity index (χ4v) is 2.77. The van der Waals surface area contributed by atoms with E-state index in [0.717, 1.165) is 37.7 Å². The van der Waals surface area contributed by atoms with Crippen molar-refractivity contribution < 1.29 is 0 Å². The van der Waals surface area contributed by atoms with E-state index in [1.807, 2.05) is 11.8 Å². The molecule has 1 saturated heterocycles. The summed E-state index contributed by atoms with van der Waals surface area (Å²) in [6, 6.07) is 2.07. The van der Waals surface area contributed by atoms with Crippen molar-refractivity contribution in [2.24, 2.45) is 5.41 Å². The van der Waals surface area contributed by atoms with Crippen LogP contribution >= 0.6 is 11.8 Å². The predicted molar refractivity (Wildman–Crippen MR) is 84.1 cm³/mol. The summed E-state index contributed by atoms with van der Waals surface area (Å²) < 4.78 is 0. The highest BCUT2D eigenvalue weighted by molar-refractivity contribution is 7.99. The summed E-state index contributed by atoms with van der Waals surface area (Å²) in [5.41, 5.74) is 0.298. The Labute approximate surface area is 120 Å². The topological polar surface area (TPSA) is 41.0 Å². The molecule has 0 bridgehead atoms. The number of anilines is 2. The molecule has 2 heterocycles. The molecule has 5 heteroatoms. The molecule has 106 valence electrons. The maximum absolute atomic E-state index is 4.39. The van der Waals surface area contributed by atoms with Gasteiger partial charge in [0.15, 0.2) is 0 Å². The molecular formula is C14H24N4S. The molecule has 0 amide bonds. The SMILES string of the molecule is CCC(C)(C)CNc1cc(N2CCSCC2)ncn1. The van der Waals surface area contributed by atoms with Crippen LogP contribution in [-0.4, -0.2) is 41.1 Å². The summed E-state index contributed by atoms with van der Waals surface area (Å²) in [5, 5.41) is 3.43. The minimum absolute atomic E-state index is 0.298. The molecule has 2 rings (SSSR count). The predicted octanol–water partition coefficient (Wildman–Crippen LogP) is 2.88. The summed E-state index contributed by atoms with van der Waals surface area (Å²) >= 11 is 2.01. The second kappa shape index (κ2) is 6.46. The van der Waals surface area contributed by atoms with E-state index in [9.17, 15) is 0 Å². The Hall–Kier alpha value is -0.970. The number of aromatic nitrogens is 2. The smallest absolute Gasteiger partial charge is 0.134 e. The zero-order valence-electron chi connectivity index (χ0n) is 12.1. The van der Waals surface area contributed by atoms with Crippen molar-refractivity contribution in [3.63, 3.8) is 0 Å². The van der Waals surface area contributed by atoms with Gasteiger partial charge in [0.1, 0.15) is 18.0 Å².